The van der Waals surface area contributed by atoms with E-state index >= 15 is 0 Å². The molecule has 0 aliphatic rings. The van der Waals surface area contributed by atoms with Crippen LogP contribution in [0.15, 0.2) is 28.6 Å². The predicted molar refractivity (Wildman–Crippen MR) is 66.9 cm³/mol. The molecular formula is C11H8N2O2S2. The Morgan fingerprint density at radius 2 is 2.35 bits per heavy atom. The summed E-state index contributed by atoms with van der Waals surface area (Å²) in [6.45, 7) is -0.195. The molecule has 0 atom stereocenters. The fourth-order valence-corrected chi connectivity index (χ4v) is 3.05. The van der Waals surface area contributed by atoms with Gasteiger partial charge in [-0.15, -0.1) is 11.3 Å². The quantitative estimate of drug-likeness (QED) is 0.627. The van der Waals surface area contributed by atoms with Crippen LogP contribution >= 0.6 is 23.1 Å². The lowest BCUT2D eigenvalue weighted by molar-refractivity contribution is -0.139. The summed E-state index contributed by atoms with van der Waals surface area (Å²) in [6.07, 6.45) is 0. The van der Waals surface area contributed by atoms with E-state index < -0.39 is 5.97 Å². The van der Waals surface area contributed by atoms with Gasteiger partial charge in [0.2, 0.25) is 0 Å². The minimum absolute atomic E-state index is 0.182. The van der Waals surface area contributed by atoms with Crippen LogP contribution in [0.3, 0.4) is 0 Å². The summed E-state index contributed by atoms with van der Waals surface area (Å²) in [4.78, 5) is 15.5. The van der Waals surface area contributed by atoms with Gasteiger partial charge in [0.15, 0.2) is 10.9 Å². The summed E-state index contributed by atoms with van der Waals surface area (Å²) in [6, 6.07) is 9.56. The van der Waals surface area contributed by atoms with Crippen molar-refractivity contribution >= 4 is 39.3 Å². The Morgan fingerprint density at radius 3 is 3.12 bits per heavy atom. The largest absolute Gasteiger partial charge is 0.450 e. The van der Waals surface area contributed by atoms with Gasteiger partial charge < -0.3 is 4.74 Å². The van der Waals surface area contributed by atoms with Crippen LogP contribution in [0, 0.1) is 11.3 Å². The molecule has 1 aromatic carbocycles. The van der Waals surface area contributed by atoms with Crippen LogP contribution in [0.25, 0.3) is 10.2 Å². The summed E-state index contributed by atoms with van der Waals surface area (Å²) in [5.41, 5.74) is 0.936. The first kappa shape index (κ1) is 11.9. The van der Waals surface area contributed by atoms with Crippen molar-refractivity contribution in [3.05, 3.63) is 24.3 Å². The average Bonchev–Trinajstić information content (AvgIpc) is 2.76. The predicted octanol–water partition coefficient (Wildman–Crippen LogP) is 2.46. The van der Waals surface area contributed by atoms with Crippen molar-refractivity contribution in [2.75, 3.05) is 12.4 Å². The summed E-state index contributed by atoms with van der Waals surface area (Å²) in [5, 5.41) is 8.25. The first-order valence-corrected chi connectivity index (χ1v) is 6.61. The van der Waals surface area contributed by atoms with E-state index in [-0.39, 0.29) is 12.4 Å². The molecule has 0 fully saturated rings. The zero-order chi connectivity index (χ0) is 12.1. The maximum Gasteiger partial charge on any atom is 0.317 e. The molecule has 2 aromatic rings. The second-order valence-electron chi connectivity index (χ2n) is 3.05. The van der Waals surface area contributed by atoms with Crippen molar-refractivity contribution in [1.82, 2.24) is 4.98 Å². The Labute approximate surface area is 106 Å². The Bertz CT molecular complexity index is 541. The Kier molecular flexibility index (Phi) is 3.96. The van der Waals surface area contributed by atoms with E-state index in [0.717, 1.165) is 14.6 Å². The maximum atomic E-state index is 11.2. The van der Waals surface area contributed by atoms with Crippen molar-refractivity contribution < 1.29 is 9.53 Å². The molecule has 0 amide bonds. The standard InChI is InChI=1S/C11H8N2O2S2/c12-5-6-15-10(14)7-16-11-13-8-3-1-2-4-9(8)17-11/h1-4H,6-7H2. The number of hydrogen-bond donors (Lipinski definition) is 0. The number of nitriles is 1. The summed E-state index contributed by atoms with van der Waals surface area (Å²) in [5.74, 6) is -0.211. The number of hydrogen-bond acceptors (Lipinski definition) is 6. The number of esters is 1. The zero-order valence-corrected chi connectivity index (χ0v) is 10.4. The van der Waals surface area contributed by atoms with Gasteiger partial charge in [0.1, 0.15) is 6.07 Å². The van der Waals surface area contributed by atoms with Crippen molar-refractivity contribution in [2.45, 2.75) is 4.34 Å². The van der Waals surface area contributed by atoms with Gasteiger partial charge in [-0.25, -0.2) is 4.98 Å². The molecule has 0 unspecified atom stereocenters. The summed E-state index contributed by atoms with van der Waals surface area (Å²) < 4.78 is 6.57. The minimum atomic E-state index is -0.393. The minimum Gasteiger partial charge on any atom is -0.450 e. The Morgan fingerprint density at radius 1 is 1.53 bits per heavy atom. The molecule has 0 saturated heterocycles. The highest BCUT2D eigenvalue weighted by molar-refractivity contribution is 8.01. The molecule has 17 heavy (non-hydrogen) atoms. The monoisotopic (exact) mass is 264 g/mol. The van der Waals surface area contributed by atoms with Crippen LogP contribution in [0.4, 0.5) is 0 Å². The van der Waals surface area contributed by atoms with E-state index in [4.69, 9.17) is 5.26 Å². The molecule has 1 heterocycles. The van der Waals surface area contributed by atoms with E-state index in [1.54, 1.807) is 17.4 Å². The second-order valence-corrected chi connectivity index (χ2v) is 5.31. The number of thiazole rings is 1. The van der Waals surface area contributed by atoms with Crippen LogP contribution in [0.5, 0.6) is 0 Å². The molecule has 6 heteroatoms. The van der Waals surface area contributed by atoms with Gasteiger partial charge in [0, 0.05) is 0 Å². The number of para-hydroxylation sites is 1. The van der Waals surface area contributed by atoms with E-state index in [2.05, 4.69) is 9.72 Å². The molecule has 2 rings (SSSR count). The zero-order valence-electron chi connectivity index (χ0n) is 8.75. The number of rotatable bonds is 4. The van der Waals surface area contributed by atoms with Crippen molar-refractivity contribution in [3.63, 3.8) is 0 Å². The lowest BCUT2D eigenvalue weighted by Crippen LogP contribution is -2.06. The second kappa shape index (κ2) is 5.66. The van der Waals surface area contributed by atoms with Crippen LogP contribution in [-0.2, 0) is 9.53 Å². The van der Waals surface area contributed by atoms with Crippen LogP contribution in [0.2, 0.25) is 0 Å². The third-order valence-electron chi connectivity index (χ3n) is 1.89. The lowest BCUT2D eigenvalue weighted by atomic mass is 10.3. The number of benzene rings is 1. The van der Waals surface area contributed by atoms with Crippen LogP contribution < -0.4 is 0 Å². The van der Waals surface area contributed by atoms with Crippen molar-refractivity contribution in [3.8, 4) is 6.07 Å². The van der Waals surface area contributed by atoms with Gasteiger partial charge in [0.05, 0.1) is 16.0 Å². The molecule has 0 aliphatic heterocycles. The number of nitrogens with zero attached hydrogens (tertiary/aromatic N) is 2. The van der Waals surface area contributed by atoms with E-state index in [1.807, 2.05) is 24.3 Å². The van der Waals surface area contributed by atoms with Gasteiger partial charge >= 0.3 is 5.97 Å². The average molecular weight is 264 g/mol. The van der Waals surface area contributed by atoms with Gasteiger partial charge in [-0.3, -0.25) is 4.79 Å². The molecule has 0 N–H and O–H groups in total. The first-order valence-electron chi connectivity index (χ1n) is 4.80. The van der Waals surface area contributed by atoms with E-state index in [1.165, 1.54) is 11.8 Å². The third kappa shape index (κ3) is 3.19. The first-order chi connectivity index (χ1) is 8.29. The number of carbonyl (C=O) groups excluding carboxylic acids is 1. The third-order valence-corrected chi connectivity index (χ3v) is 4.04. The molecule has 1 aromatic heterocycles. The number of ether oxygens (including phenoxy) is 1. The summed E-state index contributed by atoms with van der Waals surface area (Å²) >= 11 is 2.87. The Hall–Kier alpha value is -1.58. The molecule has 0 radical (unpaired) electrons. The van der Waals surface area contributed by atoms with Crippen molar-refractivity contribution in [1.29, 1.82) is 5.26 Å². The Balaban J connectivity index is 1.95. The number of fused-ring (bicyclic) bond motifs is 1. The van der Waals surface area contributed by atoms with Gasteiger partial charge in [-0.2, -0.15) is 5.26 Å². The normalized spacial score (nSPS) is 10.1. The fourth-order valence-electron chi connectivity index (χ4n) is 1.19. The molecule has 0 spiro atoms. The number of aromatic nitrogens is 1. The summed E-state index contributed by atoms with van der Waals surface area (Å²) in [7, 11) is 0. The van der Waals surface area contributed by atoms with Gasteiger partial charge in [-0.05, 0) is 12.1 Å². The molecule has 0 aliphatic carbocycles. The van der Waals surface area contributed by atoms with Gasteiger partial charge in [-0.1, -0.05) is 23.9 Å². The molecule has 0 bridgehead atoms. The molecule has 86 valence electrons. The molecular weight excluding hydrogens is 256 g/mol. The smallest absolute Gasteiger partial charge is 0.317 e. The van der Waals surface area contributed by atoms with Crippen LogP contribution in [-0.4, -0.2) is 23.3 Å². The van der Waals surface area contributed by atoms with E-state index in [0.29, 0.717) is 0 Å². The molecule has 4 nitrogen and oxygen atoms in total. The topological polar surface area (TPSA) is 63.0 Å². The molecule has 0 saturated carbocycles. The maximum absolute atomic E-state index is 11.2. The van der Waals surface area contributed by atoms with Crippen molar-refractivity contribution in [2.24, 2.45) is 0 Å². The van der Waals surface area contributed by atoms with Crippen LogP contribution in [0.1, 0.15) is 0 Å². The SMILES string of the molecule is N#CCOC(=O)CSc1nc2ccccc2s1. The van der Waals surface area contributed by atoms with Gasteiger partial charge in [0.25, 0.3) is 0 Å². The number of thioether (sulfide) groups is 1. The fraction of sp³-hybridized carbons (Fsp3) is 0.182. The highest BCUT2D eigenvalue weighted by Crippen LogP contribution is 2.29. The highest BCUT2D eigenvalue weighted by Gasteiger charge is 2.07. The van der Waals surface area contributed by atoms with E-state index in [9.17, 15) is 4.79 Å². The highest BCUT2D eigenvalue weighted by atomic mass is 32.2. The lowest BCUT2D eigenvalue weighted by Gasteiger charge is -1.97. The number of carbonyl (C=O) groups is 1.